The van der Waals surface area contributed by atoms with Crippen LogP contribution in [-0.4, -0.2) is 12.1 Å². The van der Waals surface area contributed by atoms with E-state index in [0.29, 0.717) is 16.7 Å². The van der Waals surface area contributed by atoms with E-state index in [9.17, 15) is 4.79 Å². The lowest BCUT2D eigenvalue weighted by molar-refractivity contribution is -0.156. The van der Waals surface area contributed by atoms with Crippen LogP contribution in [0.15, 0.2) is 11.6 Å². The molecule has 3 fully saturated rings. The first-order valence-corrected chi connectivity index (χ1v) is 15.9. The van der Waals surface area contributed by atoms with Crippen molar-refractivity contribution in [1.29, 1.82) is 0 Å². The van der Waals surface area contributed by atoms with Gasteiger partial charge in [-0.3, -0.25) is 4.79 Å². The molecule has 0 bridgehead atoms. The van der Waals surface area contributed by atoms with Crippen molar-refractivity contribution in [2.24, 2.45) is 58.2 Å². The highest BCUT2D eigenvalue weighted by Crippen LogP contribution is 2.67. The third-order valence-electron chi connectivity index (χ3n) is 11.8. The molecule has 0 amide bonds. The Morgan fingerprint density at radius 2 is 1.69 bits per heavy atom. The van der Waals surface area contributed by atoms with Crippen molar-refractivity contribution in [1.82, 2.24) is 0 Å². The van der Waals surface area contributed by atoms with Crippen LogP contribution in [-0.2, 0) is 9.53 Å². The fourth-order valence-corrected chi connectivity index (χ4v) is 9.84. The van der Waals surface area contributed by atoms with E-state index in [4.69, 9.17) is 4.74 Å². The lowest BCUT2D eigenvalue weighted by Gasteiger charge is -2.58. The van der Waals surface area contributed by atoms with Crippen molar-refractivity contribution in [3.05, 3.63) is 11.6 Å². The van der Waals surface area contributed by atoms with Gasteiger partial charge in [0.15, 0.2) is 0 Å². The third kappa shape index (κ3) is 5.49. The quantitative estimate of drug-likeness (QED) is 0.234. The van der Waals surface area contributed by atoms with Gasteiger partial charge in [-0.15, -0.1) is 0 Å². The highest BCUT2D eigenvalue weighted by molar-refractivity contribution is 5.72. The zero-order chi connectivity index (χ0) is 26.3. The van der Waals surface area contributed by atoms with Gasteiger partial charge >= 0.3 is 5.97 Å². The topological polar surface area (TPSA) is 26.3 Å². The maximum atomic E-state index is 12.7. The van der Waals surface area contributed by atoms with Gasteiger partial charge in [0.05, 0.1) is 5.92 Å². The highest BCUT2D eigenvalue weighted by atomic mass is 16.5. The standard InChI is InChI=1S/C34H58O2/c1-22(2)10-9-11-24(5)29-14-15-30-28-13-12-26-21-27(36-32(35)25(6)20-23(3)4)16-18-33(26,7)31(28)17-19-34(29,30)8/h12,22-25,27-31H,9-11,13-21H2,1-8H3/t24-,25?,27+,28+,29-,30+,31+,33+,34-/m1/s1. The first kappa shape index (κ1) is 28.2. The monoisotopic (exact) mass is 498 g/mol. The number of allylic oxidation sites excluding steroid dienone is 1. The van der Waals surface area contributed by atoms with E-state index in [1.165, 1.54) is 57.8 Å². The molecule has 4 aliphatic rings. The molecule has 0 aliphatic heterocycles. The summed E-state index contributed by atoms with van der Waals surface area (Å²) < 4.78 is 6.08. The highest BCUT2D eigenvalue weighted by Gasteiger charge is 2.59. The van der Waals surface area contributed by atoms with Gasteiger partial charge in [-0.05, 0) is 104 Å². The fourth-order valence-electron chi connectivity index (χ4n) is 9.84. The number of hydrogen-bond acceptors (Lipinski definition) is 2. The minimum Gasteiger partial charge on any atom is -0.462 e. The third-order valence-corrected chi connectivity index (χ3v) is 11.8. The molecule has 0 N–H and O–H groups in total. The smallest absolute Gasteiger partial charge is 0.308 e. The van der Waals surface area contributed by atoms with Gasteiger partial charge in [-0.2, -0.15) is 0 Å². The Kier molecular flexibility index (Phi) is 8.73. The van der Waals surface area contributed by atoms with Crippen LogP contribution in [0.2, 0.25) is 0 Å². The average Bonchev–Trinajstić information content (AvgIpc) is 3.15. The van der Waals surface area contributed by atoms with Crippen molar-refractivity contribution < 1.29 is 9.53 Å². The fraction of sp³-hybridized carbons (Fsp3) is 0.912. The van der Waals surface area contributed by atoms with Gasteiger partial charge in [-0.1, -0.05) is 86.3 Å². The predicted octanol–water partition coefficient (Wildman–Crippen LogP) is 9.62. The molecule has 1 unspecified atom stereocenters. The Morgan fingerprint density at radius 3 is 2.39 bits per heavy atom. The molecule has 0 aromatic carbocycles. The second kappa shape index (κ2) is 11.1. The molecule has 0 aromatic rings. The van der Waals surface area contributed by atoms with Crippen molar-refractivity contribution in [2.45, 2.75) is 139 Å². The Bertz CT molecular complexity index is 795. The molecule has 4 rings (SSSR count). The molecule has 9 atom stereocenters. The number of carbonyl (C=O) groups is 1. The van der Waals surface area contributed by atoms with E-state index in [0.717, 1.165) is 54.8 Å². The Labute approximate surface area is 223 Å². The number of rotatable bonds is 9. The Morgan fingerprint density at radius 1 is 0.944 bits per heavy atom. The summed E-state index contributed by atoms with van der Waals surface area (Å²) in [5.41, 5.74) is 2.52. The van der Waals surface area contributed by atoms with E-state index in [-0.39, 0.29) is 18.0 Å². The summed E-state index contributed by atoms with van der Waals surface area (Å²) in [5, 5.41) is 0. The largest absolute Gasteiger partial charge is 0.462 e. The Hall–Kier alpha value is -0.790. The number of carbonyl (C=O) groups excluding carboxylic acids is 1. The second-order valence-electron chi connectivity index (χ2n) is 15.1. The minimum atomic E-state index is 0.0159. The van der Waals surface area contributed by atoms with Crippen molar-refractivity contribution >= 4 is 5.97 Å². The SMILES string of the molecule is CC(C)CCC[C@@H](C)[C@H]1CC[C@H]2[C@@H]3CC=C4C[C@@H](OC(=O)C(C)CC(C)C)CC[C@]4(C)[C@H]3CC[C@]12C. The first-order valence-electron chi connectivity index (χ1n) is 15.9. The van der Waals surface area contributed by atoms with E-state index in [1.54, 1.807) is 5.57 Å². The van der Waals surface area contributed by atoms with Gasteiger partial charge < -0.3 is 4.74 Å². The average molecular weight is 499 g/mol. The minimum absolute atomic E-state index is 0.0159. The van der Waals surface area contributed by atoms with Crippen LogP contribution < -0.4 is 0 Å². The molecule has 2 heteroatoms. The van der Waals surface area contributed by atoms with Gasteiger partial charge in [0.1, 0.15) is 6.10 Å². The second-order valence-corrected chi connectivity index (χ2v) is 15.1. The molecular weight excluding hydrogens is 440 g/mol. The molecule has 0 spiro atoms. The summed E-state index contributed by atoms with van der Waals surface area (Å²) in [5.74, 6) is 5.84. The predicted molar refractivity (Wildman–Crippen MR) is 152 cm³/mol. The normalized spacial score (nSPS) is 39.7. The van der Waals surface area contributed by atoms with Crippen LogP contribution in [0.3, 0.4) is 0 Å². The van der Waals surface area contributed by atoms with Gasteiger partial charge in [-0.25, -0.2) is 0 Å². The van der Waals surface area contributed by atoms with E-state index in [1.807, 2.05) is 6.92 Å². The molecular formula is C34H58O2. The summed E-state index contributed by atoms with van der Waals surface area (Å²) in [6.45, 7) is 19.0. The first-order chi connectivity index (χ1) is 17.0. The number of ether oxygens (including phenoxy) is 1. The molecule has 0 saturated heterocycles. The van der Waals surface area contributed by atoms with E-state index < -0.39 is 0 Å². The summed E-state index contributed by atoms with van der Waals surface area (Å²) in [6, 6.07) is 0. The van der Waals surface area contributed by atoms with Crippen molar-refractivity contribution in [2.75, 3.05) is 0 Å². The molecule has 0 aromatic heterocycles. The number of esters is 1. The summed E-state index contributed by atoms with van der Waals surface area (Å²) >= 11 is 0. The van der Waals surface area contributed by atoms with Crippen LogP contribution >= 0.6 is 0 Å². The van der Waals surface area contributed by atoms with Crippen LogP contribution in [0.1, 0.15) is 132 Å². The van der Waals surface area contributed by atoms with Crippen molar-refractivity contribution in [3.63, 3.8) is 0 Å². The molecule has 4 aliphatic carbocycles. The summed E-state index contributed by atoms with van der Waals surface area (Å²) in [6.07, 6.45) is 18.2. The lowest BCUT2D eigenvalue weighted by Crippen LogP contribution is -2.51. The summed E-state index contributed by atoms with van der Waals surface area (Å²) in [4.78, 5) is 12.7. The zero-order valence-corrected chi connectivity index (χ0v) is 25.1. The van der Waals surface area contributed by atoms with Gasteiger partial charge in [0.25, 0.3) is 0 Å². The molecule has 0 radical (unpaired) electrons. The van der Waals surface area contributed by atoms with Gasteiger partial charge in [0.2, 0.25) is 0 Å². The van der Waals surface area contributed by atoms with Crippen LogP contribution in [0.4, 0.5) is 0 Å². The molecule has 206 valence electrons. The lowest BCUT2D eigenvalue weighted by atomic mass is 9.47. The van der Waals surface area contributed by atoms with Crippen LogP contribution in [0, 0.1) is 58.2 Å². The van der Waals surface area contributed by atoms with E-state index in [2.05, 4.69) is 54.5 Å². The maximum absolute atomic E-state index is 12.7. The van der Waals surface area contributed by atoms with Crippen molar-refractivity contribution in [3.8, 4) is 0 Å². The van der Waals surface area contributed by atoms with Crippen LogP contribution in [0.5, 0.6) is 0 Å². The number of hydrogen-bond donors (Lipinski definition) is 0. The molecule has 0 heterocycles. The zero-order valence-electron chi connectivity index (χ0n) is 25.1. The molecule has 2 nitrogen and oxygen atoms in total. The molecule has 36 heavy (non-hydrogen) atoms. The van der Waals surface area contributed by atoms with Crippen LogP contribution in [0.25, 0.3) is 0 Å². The van der Waals surface area contributed by atoms with E-state index >= 15 is 0 Å². The Balaban J connectivity index is 1.41. The maximum Gasteiger partial charge on any atom is 0.308 e. The van der Waals surface area contributed by atoms with Gasteiger partial charge in [0, 0.05) is 6.42 Å². The summed E-state index contributed by atoms with van der Waals surface area (Å²) in [7, 11) is 0. The number of fused-ring (bicyclic) bond motifs is 5. The molecule has 3 saturated carbocycles.